The van der Waals surface area contributed by atoms with E-state index in [-0.39, 0.29) is 12.4 Å². The van der Waals surface area contributed by atoms with E-state index in [1.54, 1.807) is 13.8 Å². The van der Waals surface area contributed by atoms with Crippen LogP contribution in [0.5, 0.6) is 0 Å². The van der Waals surface area contributed by atoms with Crippen LogP contribution in [-0.4, -0.2) is 11.6 Å². The zero-order chi connectivity index (χ0) is 8.91. The lowest BCUT2D eigenvalue weighted by Gasteiger charge is -2.15. The predicted octanol–water partition coefficient (Wildman–Crippen LogP) is 1.45. The average molecular weight is 154 g/mol. The Bertz CT molecular complexity index is 179. The molecule has 0 aromatic carbocycles. The lowest BCUT2D eigenvalue weighted by atomic mass is 10.2. The first-order valence-corrected chi connectivity index (χ1v) is 3.44. The number of hydrogen-bond donors (Lipinski definition) is 0. The summed E-state index contributed by atoms with van der Waals surface area (Å²) >= 11 is 0. The Hall–Kier alpha value is -1.04. The Morgan fingerprint density at radius 3 is 2.64 bits per heavy atom. The van der Waals surface area contributed by atoms with Crippen molar-refractivity contribution >= 4 is 5.97 Å². The molecule has 0 unspecified atom stereocenters. The fraction of sp³-hybridized carbons (Fsp3) is 0.625. The minimum Gasteiger partial charge on any atom is -0.444 e. The Balaban J connectivity index is 3.86. The summed E-state index contributed by atoms with van der Waals surface area (Å²) < 4.78 is 4.79. The second kappa shape index (κ2) is 3.97. The number of carbonyl (C=O) groups is 1. The molecule has 1 radical (unpaired) electrons. The van der Waals surface area contributed by atoms with E-state index in [2.05, 4.69) is 6.92 Å². The maximum atomic E-state index is 10.8. The average Bonchev–Trinajstić information content (AvgIpc) is 1.87. The van der Waals surface area contributed by atoms with Crippen LogP contribution in [-0.2, 0) is 9.53 Å². The molecule has 0 heterocycles. The number of ether oxygens (including phenoxy) is 1. The number of esters is 1. The van der Waals surface area contributed by atoms with Gasteiger partial charge in [-0.25, -0.2) is 0 Å². The molecule has 0 rings (SSSR count). The monoisotopic (exact) mass is 154 g/mol. The molecule has 0 N–H and O–H groups in total. The van der Waals surface area contributed by atoms with Crippen molar-refractivity contribution in [1.82, 2.24) is 0 Å². The Kier molecular flexibility index (Phi) is 3.59. The molecule has 0 aliphatic carbocycles. The summed E-state index contributed by atoms with van der Waals surface area (Å²) in [5.74, 6) is -0.369. The summed E-state index contributed by atoms with van der Waals surface area (Å²) in [5, 5.41) is 8.47. The highest BCUT2D eigenvalue weighted by atomic mass is 16.6. The lowest BCUT2D eigenvalue weighted by molar-refractivity contribution is -0.151. The first kappa shape index (κ1) is 9.96. The second-order valence-corrected chi connectivity index (χ2v) is 2.70. The second-order valence-electron chi connectivity index (χ2n) is 2.70. The third-order valence-corrected chi connectivity index (χ3v) is 1.02. The summed E-state index contributed by atoms with van der Waals surface area (Å²) in [6.07, 6.45) is 0.769. The molecule has 0 aromatic rings. The van der Waals surface area contributed by atoms with Crippen molar-refractivity contribution < 1.29 is 9.53 Å². The van der Waals surface area contributed by atoms with Crippen molar-refractivity contribution in [2.75, 3.05) is 0 Å². The first-order chi connectivity index (χ1) is 5.02. The lowest BCUT2D eigenvalue weighted by Crippen LogP contribution is -2.25. The van der Waals surface area contributed by atoms with Gasteiger partial charge in [0.1, 0.15) is 6.07 Å². The largest absolute Gasteiger partial charge is 0.444 e. The van der Waals surface area contributed by atoms with Crippen LogP contribution >= 0.6 is 0 Å². The van der Waals surface area contributed by atoms with Gasteiger partial charge in [0.05, 0.1) is 0 Å². The molecule has 0 atom stereocenters. The fourth-order valence-electron chi connectivity index (χ4n) is 0.503. The summed E-state index contributed by atoms with van der Waals surface area (Å²) in [4.78, 5) is 10.8. The summed E-state index contributed by atoms with van der Waals surface area (Å²) in [7, 11) is 0. The number of rotatable bonds is 3. The molecule has 0 saturated heterocycles. The minimum atomic E-state index is -1.01. The van der Waals surface area contributed by atoms with Gasteiger partial charge in [0.2, 0.25) is 0 Å². The quantitative estimate of drug-likeness (QED) is 0.578. The zero-order valence-electron chi connectivity index (χ0n) is 6.89. The molecule has 0 saturated carbocycles. The fourth-order valence-corrected chi connectivity index (χ4v) is 0.503. The van der Waals surface area contributed by atoms with Gasteiger partial charge in [-0.05, 0) is 20.3 Å². The van der Waals surface area contributed by atoms with Crippen molar-refractivity contribution in [1.29, 1.82) is 5.26 Å². The highest BCUT2D eigenvalue weighted by molar-refractivity contribution is 5.70. The van der Waals surface area contributed by atoms with Crippen molar-refractivity contribution in [3.05, 3.63) is 6.92 Å². The maximum absolute atomic E-state index is 10.8. The normalized spacial score (nSPS) is 10.4. The molecule has 0 aliphatic heterocycles. The van der Waals surface area contributed by atoms with Gasteiger partial charge >= 0.3 is 5.97 Å². The molecule has 0 spiro atoms. The van der Waals surface area contributed by atoms with Crippen LogP contribution in [0.2, 0.25) is 0 Å². The highest BCUT2D eigenvalue weighted by Crippen LogP contribution is 2.08. The van der Waals surface area contributed by atoms with Crippen molar-refractivity contribution in [3.8, 4) is 6.07 Å². The van der Waals surface area contributed by atoms with Gasteiger partial charge in [0, 0.05) is 6.42 Å². The van der Waals surface area contributed by atoms with Crippen LogP contribution in [0.1, 0.15) is 26.7 Å². The van der Waals surface area contributed by atoms with E-state index >= 15 is 0 Å². The molecule has 0 aromatic heterocycles. The van der Waals surface area contributed by atoms with E-state index in [0.717, 1.165) is 0 Å². The Morgan fingerprint density at radius 1 is 1.73 bits per heavy atom. The summed E-state index contributed by atoms with van der Waals surface area (Å²) in [6.45, 7) is 6.60. The molecule has 61 valence electrons. The van der Waals surface area contributed by atoms with E-state index < -0.39 is 5.60 Å². The topological polar surface area (TPSA) is 50.1 Å². The number of nitrogens with zero attached hydrogens (tertiary/aromatic N) is 1. The first-order valence-electron chi connectivity index (χ1n) is 3.44. The Morgan fingerprint density at radius 2 is 2.27 bits per heavy atom. The summed E-state index contributed by atoms with van der Waals surface area (Å²) in [6, 6.07) is 1.87. The van der Waals surface area contributed by atoms with Gasteiger partial charge < -0.3 is 4.74 Å². The molecule has 0 fully saturated rings. The minimum absolute atomic E-state index is 0.269. The molecule has 0 bridgehead atoms. The van der Waals surface area contributed by atoms with E-state index in [1.165, 1.54) is 0 Å². The molecular weight excluding hydrogens is 142 g/mol. The van der Waals surface area contributed by atoms with Crippen molar-refractivity contribution in [2.24, 2.45) is 0 Å². The van der Waals surface area contributed by atoms with E-state index in [9.17, 15) is 4.79 Å². The molecule has 3 nitrogen and oxygen atoms in total. The van der Waals surface area contributed by atoms with Crippen LogP contribution in [0.3, 0.4) is 0 Å². The molecule has 11 heavy (non-hydrogen) atoms. The van der Waals surface area contributed by atoms with Gasteiger partial charge in [-0.2, -0.15) is 5.26 Å². The van der Waals surface area contributed by atoms with Crippen LogP contribution < -0.4 is 0 Å². The van der Waals surface area contributed by atoms with Gasteiger partial charge in [-0.1, -0.05) is 6.92 Å². The van der Waals surface area contributed by atoms with Crippen LogP contribution in [0.25, 0.3) is 0 Å². The summed E-state index contributed by atoms with van der Waals surface area (Å²) in [5.41, 5.74) is -1.01. The van der Waals surface area contributed by atoms with Gasteiger partial charge in [0.15, 0.2) is 5.60 Å². The Labute approximate surface area is 67.0 Å². The number of nitriles is 1. The maximum Gasteiger partial charge on any atom is 0.307 e. The highest BCUT2D eigenvalue weighted by Gasteiger charge is 2.20. The third kappa shape index (κ3) is 4.38. The number of hydrogen-bond acceptors (Lipinski definition) is 3. The van der Waals surface area contributed by atoms with Crippen LogP contribution in [0, 0.1) is 18.3 Å². The third-order valence-electron chi connectivity index (χ3n) is 1.02. The van der Waals surface area contributed by atoms with Crippen molar-refractivity contribution in [2.45, 2.75) is 32.3 Å². The molecule has 3 heteroatoms. The van der Waals surface area contributed by atoms with Crippen molar-refractivity contribution in [3.63, 3.8) is 0 Å². The SMILES string of the molecule is [CH2]CCC(=O)OC(C)(C)C#N. The smallest absolute Gasteiger partial charge is 0.307 e. The zero-order valence-corrected chi connectivity index (χ0v) is 6.89. The predicted molar refractivity (Wildman–Crippen MR) is 40.4 cm³/mol. The standard InChI is InChI=1S/C8H12NO2/c1-4-5-7(10)11-8(2,3)6-9/h1,4-5H2,2-3H3. The van der Waals surface area contributed by atoms with E-state index in [0.29, 0.717) is 6.42 Å². The van der Waals surface area contributed by atoms with Gasteiger partial charge in [0.25, 0.3) is 0 Å². The van der Waals surface area contributed by atoms with Gasteiger partial charge in [-0.3, -0.25) is 4.79 Å². The molecule has 0 aliphatic rings. The van der Waals surface area contributed by atoms with Crippen LogP contribution in [0.15, 0.2) is 0 Å². The van der Waals surface area contributed by atoms with E-state index in [4.69, 9.17) is 10.00 Å². The molecule has 0 amide bonds. The number of carbonyl (C=O) groups excluding carboxylic acids is 1. The van der Waals surface area contributed by atoms with E-state index in [1.807, 2.05) is 6.07 Å². The van der Waals surface area contributed by atoms with Crippen LogP contribution in [0.4, 0.5) is 0 Å². The van der Waals surface area contributed by atoms with Gasteiger partial charge in [-0.15, -0.1) is 0 Å². The molecular formula is C8H12NO2.